The van der Waals surface area contributed by atoms with E-state index in [0.717, 1.165) is 18.4 Å². The predicted octanol–water partition coefficient (Wildman–Crippen LogP) is 1.56. The Hall–Kier alpha value is -1.42. The Balaban J connectivity index is 2.07. The third-order valence-electron chi connectivity index (χ3n) is 3.38. The van der Waals surface area contributed by atoms with Crippen molar-refractivity contribution in [1.82, 2.24) is 9.88 Å². The molecule has 1 atom stereocenters. The van der Waals surface area contributed by atoms with E-state index < -0.39 is 6.04 Å². The van der Waals surface area contributed by atoms with Crippen molar-refractivity contribution >= 4 is 5.91 Å². The molecule has 0 saturated heterocycles. The molecule has 1 aromatic heterocycles. The first kappa shape index (κ1) is 13.0. The van der Waals surface area contributed by atoms with E-state index >= 15 is 0 Å². The highest BCUT2D eigenvalue weighted by molar-refractivity contribution is 5.82. The highest BCUT2D eigenvalue weighted by Crippen LogP contribution is 2.29. The molecule has 0 bridgehead atoms. The van der Waals surface area contributed by atoms with E-state index in [-0.39, 0.29) is 11.8 Å². The lowest BCUT2D eigenvalue weighted by Crippen LogP contribution is -2.47. The van der Waals surface area contributed by atoms with Crippen LogP contribution in [0.4, 0.5) is 0 Å². The highest BCUT2D eigenvalue weighted by atomic mass is 16.2. The van der Waals surface area contributed by atoms with Crippen LogP contribution in [0.3, 0.4) is 0 Å². The molecule has 0 radical (unpaired) electrons. The number of carbonyl (C=O) groups is 1. The number of nitrogens with two attached hydrogens (primary N) is 1. The van der Waals surface area contributed by atoms with Crippen LogP contribution in [0.1, 0.15) is 32.3 Å². The van der Waals surface area contributed by atoms with Crippen molar-refractivity contribution in [2.75, 3.05) is 0 Å². The molecule has 1 fully saturated rings. The number of aromatic nitrogens is 1. The summed E-state index contributed by atoms with van der Waals surface area (Å²) in [4.78, 5) is 18.3. The number of hydrogen-bond donors (Lipinski definition) is 1. The standard InChI is InChI=1S/C14H21N3O/c1-10(2)13(15)14(18)17(12-3-4-12)9-11-5-7-16-8-6-11/h5-8,10,12-13H,3-4,9,15H2,1-2H3/t13-/m0/s1. The van der Waals surface area contributed by atoms with Gasteiger partial charge in [-0.3, -0.25) is 9.78 Å². The summed E-state index contributed by atoms with van der Waals surface area (Å²) in [5.74, 6) is 0.250. The first-order chi connectivity index (χ1) is 8.59. The SMILES string of the molecule is CC(C)[C@H](N)C(=O)N(Cc1ccncc1)C1CC1. The van der Waals surface area contributed by atoms with Gasteiger partial charge in [0.2, 0.25) is 5.91 Å². The van der Waals surface area contributed by atoms with Gasteiger partial charge in [-0.25, -0.2) is 0 Å². The van der Waals surface area contributed by atoms with Crippen LogP contribution >= 0.6 is 0 Å². The van der Waals surface area contributed by atoms with Crippen molar-refractivity contribution in [3.63, 3.8) is 0 Å². The molecule has 1 heterocycles. The van der Waals surface area contributed by atoms with Gasteiger partial charge in [0, 0.05) is 25.0 Å². The minimum absolute atomic E-state index is 0.0734. The Labute approximate surface area is 108 Å². The molecular weight excluding hydrogens is 226 g/mol. The van der Waals surface area contributed by atoms with Crippen molar-refractivity contribution in [1.29, 1.82) is 0 Å². The molecule has 18 heavy (non-hydrogen) atoms. The van der Waals surface area contributed by atoms with Gasteiger partial charge >= 0.3 is 0 Å². The van der Waals surface area contributed by atoms with Crippen molar-refractivity contribution < 1.29 is 4.79 Å². The van der Waals surface area contributed by atoms with Crippen LogP contribution in [0.2, 0.25) is 0 Å². The fourth-order valence-corrected chi connectivity index (χ4v) is 1.93. The molecule has 4 heteroatoms. The molecule has 0 aliphatic heterocycles. The maximum Gasteiger partial charge on any atom is 0.240 e. The molecule has 0 spiro atoms. The smallest absolute Gasteiger partial charge is 0.240 e. The molecule has 1 aliphatic carbocycles. The molecule has 98 valence electrons. The Kier molecular flexibility index (Phi) is 3.97. The van der Waals surface area contributed by atoms with Crippen molar-refractivity contribution in [2.45, 2.75) is 45.3 Å². The van der Waals surface area contributed by atoms with E-state index in [1.54, 1.807) is 12.4 Å². The van der Waals surface area contributed by atoms with Gasteiger partial charge in [-0.1, -0.05) is 13.8 Å². The normalized spacial score (nSPS) is 16.7. The van der Waals surface area contributed by atoms with Crippen LogP contribution in [0.25, 0.3) is 0 Å². The summed E-state index contributed by atoms with van der Waals surface area (Å²) in [5.41, 5.74) is 7.09. The number of pyridine rings is 1. The predicted molar refractivity (Wildman–Crippen MR) is 70.6 cm³/mol. The topological polar surface area (TPSA) is 59.2 Å². The van der Waals surface area contributed by atoms with Crippen molar-refractivity contribution in [3.05, 3.63) is 30.1 Å². The third kappa shape index (κ3) is 3.07. The van der Waals surface area contributed by atoms with Gasteiger partial charge in [0.1, 0.15) is 0 Å². The van der Waals surface area contributed by atoms with Crippen LogP contribution in [-0.2, 0) is 11.3 Å². The number of rotatable bonds is 5. The summed E-state index contributed by atoms with van der Waals surface area (Å²) in [5, 5.41) is 0. The first-order valence-electron chi connectivity index (χ1n) is 6.54. The molecule has 0 unspecified atom stereocenters. The fraction of sp³-hybridized carbons (Fsp3) is 0.571. The fourth-order valence-electron chi connectivity index (χ4n) is 1.93. The zero-order chi connectivity index (χ0) is 13.1. The molecule has 2 N–H and O–H groups in total. The van der Waals surface area contributed by atoms with E-state index in [9.17, 15) is 4.79 Å². The maximum atomic E-state index is 12.4. The zero-order valence-corrected chi connectivity index (χ0v) is 11.0. The molecule has 1 aromatic rings. The number of carbonyl (C=O) groups excluding carboxylic acids is 1. The van der Waals surface area contributed by atoms with Gasteiger partial charge in [-0.2, -0.15) is 0 Å². The maximum absolute atomic E-state index is 12.4. The van der Waals surface area contributed by atoms with Crippen LogP contribution in [0, 0.1) is 5.92 Å². The van der Waals surface area contributed by atoms with Crippen LogP contribution in [-0.4, -0.2) is 27.9 Å². The molecule has 1 aliphatic rings. The first-order valence-corrected chi connectivity index (χ1v) is 6.54. The molecule has 4 nitrogen and oxygen atoms in total. The summed E-state index contributed by atoms with van der Waals surface area (Å²) in [7, 11) is 0. The van der Waals surface area contributed by atoms with Crippen LogP contribution in [0.5, 0.6) is 0 Å². The largest absolute Gasteiger partial charge is 0.334 e. The lowest BCUT2D eigenvalue weighted by molar-refractivity contribution is -0.134. The van der Waals surface area contributed by atoms with Gasteiger partial charge in [0.15, 0.2) is 0 Å². The monoisotopic (exact) mass is 247 g/mol. The summed E-state index contributed by atoms with van der Waals surface area (Å²) in [6, 6.07) is 3.88. The lowest BCUT2D eigenvalue weighted by Gasteiger charge is -2.27. The molecule has 1 saturated carbocycles. The van der Waals surface area contributed by atoms with Gasteiger partial charge in [-0.15, -0.1) is 0 Å². The highest BCUT2D eigenvalue weighted by Gasteiger charge is 2.35. The second-order valence-corrected chi connectivity index (χ2v) is 5.32. The molecular formula is C14H21N3O. The average Bonchev–Trinajstić information content (AvgIpc) is 3.19. The second-order valence-electron chi connectivity index (χ2n) is 5.32. The lowest BCUT2D eigenvalue weighted by atomic mass is 10.0. The second kappa shape index (κ2) is 5.48. The molecule has 2 rings (SSSR count). The Morgan fingerprint density at radius 3 is 2.56 bits per heavy atom. The van der Waals surface area contributed by atoms with E-state index in [1.165, 1.54) is 0 Å². The van der Waals surface area contributed by atoms with E-state index in [0.29, 0.717) is 12.6 Å². The Bertz CT molecular complexity index is 401. The molecule has 1 amide bonds. The summed E-state index contributed by atoms with van der Waals surface area (Å²) in [6.07, 6.45) is 5.71. The van der Waals surface area contributed by atoms with E-state index in [1.807, 2.05) is 30.9 Å². The molecule has 0 aromatic carbocycles. The van der Waals surface area contributed by atoms with Crippen molar-refractivity contribution in [3.8, 4) is 0 Å². The summed E-state index contributed by atoms with van der Waals surface area (Å²) in [6.45, 7) is 4.62. The van der Waals surface area contributed by atoms with E-state index in [4.69, 9.17) is 5.73 Å². The van der Waals surface area contributed by atoms with Crippen LogP contribution in [0.15, 0.2) is 24.5 Å². The number of amides is 1. The minimum atomic E-state index is -0.396. The Morgan fingerprint density at radius 2 is 2.06 bits per heavy atom. The van der Waals surface area contributed by atoms with Gasteiger partial charge in [-0.05, 0) is 36.5 Å². The third-order valence-corrected chi connectivity index (χ3v) is 3.38. The van der Waals surface area contributed by atoms with E-state index in [2.05, 4.69) is 4.98 Å². The average molecular weight is 247 g/mol. The van der Waals surface area contributed by atoms with Crippen LogP contribution < -0.4 is 5.73 Å². The van der Waals surface area contributed by atoms with Crippen molar-refractivity contribution in [2.24, 2.45) is 11.7 Å². The quantitative estimate of drug-likeness (QED) is 0.859. The minimum Gasteiger partial charge on any atom is -0.334 e. The van der Waals surface area contributed by atoms with Gasteiger partial charge in [0.05, 0.1) is 6.04 Å². The summed E-state index contributed by atoms with van der Waals surface area (Å²) < 4.78 is 0. The Morgan fingerprint density at radius 1 is 1.44 bits per heavy atom. The zero-order valence-electron chi connectivity index (χ0n) is 11.0. The van der Waals surface area contributed by atoms with Gasteiger partial charge in [0.25, 0.3) is 0 Å². The number of nitrogens with zero attached hydrogens (tertiary/aromatic N) is 2. The van der Waals surface area contributed by atoms with Gasteiger partial charge < -0.3 is 10.6 Å². The summed E-state index contributed by atoms with van der Waals surface area (Å²) >= 11 is 0. The number of hydrogen-bond acceptors (Lipinski definition) is 3.